The summed E-state index contributed by atoms with van der Waals surface area (Å²) in [7, 11) is 1.90. The van der Waals surface area contributed by atoms with Crippen molar-refractivity contribution in [2.75, 3.05) is 26.2 Å². The van der Waals surface area contributed by atoms with Crippen LogP contribution >= 0.6 is 23.2 Å². The summed E-state index contributed by atoms with van der Waals surface area (Å²) in [5.41, 5.74) is 2.11. The van der Waals surface area contributed by atoms with Gasteiger partial charge >= 0.3 is 0 Å². The Bertz CT molecular complexity index is 1070. The molecule has 3 aromatic rings. The number of carbonyl (C=O) groups is 2. The van der Waals surface area contributed by atoms with Gasteiger partial charge in [-0.25, -0.2) is 0 Å². The molecule has 1 aliphatic heterocycles. The van der Waals surface area contributed by atoms with E-state index in [2.05, 4.69) is 0 Å². The van der Waals surface area contributed by atoms with Crippen molar-refractivity contribution in [3.8, 4) is 0 Å². The summed E-state index contributed by atoms with van der Waals surface area (Å²) in [6.07, 6.45) is 0. The highest BCUT2D eigenvalue weighted by Crippen LogP contribution is 2.24. The predicted octanol–water partition coefficient (Wildman–Crippen LogP) is 4.08. The lowest BCUT2D eigenvalue weighted by molar-refractivity contribution is 0.0530. The Morgan fingerprint density at radius 3 is 2.14 bits per heavy atom. The summed E-state index contributed by atoms with van der Waals surface area (Å²) in [5.74, 6) is -0.159. The second-order valence-electron chi connectivity index (χ2n) is 6.86. The first kappa shape index (κ1) is 18.8. The van der Waals surface area contributed by atoms with Crippen molar-refractivity contribution in [1.82, 2.24) is 14.4 Å². The number of aryl methyl sites for hydroxylation is 1. The summed E-state index contributed by atoms with van der Waals surface area (Å²) >= 11 is 12.1. The van der Waals surface area contributed by atoms with Gasteiger partial charge in [-0.2, -0.15) is 0 Å². The number of amides is 2. The molecule has 1 saturated heterocycles. The molecular weight excluding hydrogens is 397 g/mol. The lowest BCUT2D eigenvalue weighted by Gasteiger charge is -2.35. The Morgan fingerprint density at radius 2 is 1.50 bits per heavy atom. The number of hydrogen-bond donors (Lipinski definition) is 0. The SMILES string of the molecule is Cn1c(C(=O)N2CCN(C(=O)c3ccc(Cl)cc3Cl)CC2)cc2ccccc21. The van der Waals surface area contributed by atoms with Crippen molar-refractivity contribution >= 4 is 45.9 Å². The quantitative estimate of drug-likeness (QED) is 0.632. The molecule has 28 heavy (non-hydrogen) atoms. The number of carbonyl (C=O) groups excluding carboxylic acids is 2. The van der Waals surface area contributed by atoms with E-state index in [4.69, 9.17) is 23.2 Å². The minimum absolute atomic E-state index is 0.0182. The Balaban J connectivity index is 1.47. The molecule has 0 radical (unpaired) electrons. The van der Waals surface area contributed by atoms with Crippen molar-refractivity contribution in [1.29, 1.82) is 0 Å². The Labute approximate surface area is 173 Å². The Morgan fingerprint density at radius 1 is 0.857 bits per heavy atom. The molecule has 2 aromatic carbocycles. The molecule has 0 unspecified atom stereocenters. The van der Waals surface area contributed by atoms with Gasteiger partial charge in [0.1, 0.15) is 5.69 Å². The van der Waals surface area contributed by atoms with Gasteiger partial charge in [-0.3, -0.25) is 9.59 Å². The van der Waals surface area contributed by atoms with E-state index >= 15 is 0 Å². The van der Waals surface area contributed by atoms with Crippen LogP contribution in [0.25, 0.3) is 10.9 Å². The fourth-order valence-corrected chi connectivity index (χ4v) is 4.09. The standard InChI is InChI=1S/C21H19Cl2N3O2/c1-24-18-5-3-2-4-14(18)12-19(24)21(28)26-10-8-25(9-11-26)20(27)16-7-6-15(22)13-17(16)23/h2-7,12-13H,8-11H2,1H3. The normalized spacial score (nSPS) is 14.5. The van der Waals surface area contributed by atoms with E-state index < -0.39 is 0 Å². The van der Waals surface area contributed by atoms with Crippen LogP contribution in [0.4, 0.5) is 0 Å². The van der Waals surface area contributed by atoms with E-state index in [9.17, 15) is 9.59 Å². The number of halogens is 2. The van der Waals surface area contributed by atoms with Gasteiger partial charge in [-0.15, -0.1) is 0 Å². The zero-order chi connectivity index (χ0) is 19.8. The van der Waals surface area contributed by atoms with Crippen LogP contribution in [0.5, 0.6) is 0 Å². The number of rotatable bonds is 2. The highest BCUT2D eigenvalue weighted by atomic mass is 35.5. The van der Waals surface area contributed by atoms with Crippen LogP contribution in [0.3, 0.4) is 0 Å². The van der Waals surface area contributed by atoms with Crippen LogP contribution in [0, 0.1) is 0 Å². The van der Waals surface area contributed by atoms with Crippen molar-refractivity contribution in [3.63, 3.8) is 0 Å². The molecule has 1 aromatic heterocycles. The first-order valence-electron chi connectivity index (χ1n) is 9.04. The zero-order valence-corrected chi connectivity index (χ0v) is 16.9. The first-order valence-corrected chi connectivity index (χ1v) is 9.79. The molecule has 1 fully saturated rings. The van der Waals surface area contributed by atoms with Gasteiger partial charge in [0.15, 0.2) is 0 Å². The average Bonchev–Trinajstić information content (AvgIpc) is 3.04. The van der Waals surface area contributed by atoms with Crippen molar-refractivity contribution < 1.29 is 9.59 Å². The Kier molecular flexibility index (Phi) is 5.04. The fraction of sp³-hybridized carbons (Fsp3) is 0.238. The number of piperazine rings is 1. The third kappa shape index (κ3) is 3.36. The average molecular weight is 416 g/mol. The van der Waals surface area contributed by atoms with E-state index in [1.54, 1.807) is 28.0 Å². The maximum absolute atomic E-state index is 13.0. The van der Waals surface area contributed by atoms with Crippen LogP contribution in [-0.2, 0) is 7.05 Å². The molecule has 0 aliphatic carbocycles. The van der Waals surface area contributed by atoms with Gasteiger partial charge in [0.2, 0.25) is 0 Å². The van der Waals surface area contributed by atoms with Gasteiger partial charge in [0, 0.05) is 49.2 Å². The molecule has 2 heterocycles. The lowest BCUT2D eigenvalue weighted by Crippen LogP contribution is -2.50. The van der Waals surface area contributed by atoms with Crippen molar-refractivity contribution in [2.24, 2.45) is 7.05 Å². The van der Waals surface area contributed by atoms with E-state index in [1.807, 2.05) is 41.9 Å². The van der Waals surface area contributed by atoms with Gasteiger partial charge in [0.25, 0.3) is 11.8 Å². The van der Waals surface area contributed by atoms with Crippen molar-refractivity contribution in [2.45, 2.75) is 0 Å². The fourth-order valence-electron chi connectivity index (χ4n) is 3.60. The van der Waals surface area contributed by atoms with Gasteiger partial charge in [-0.05, 0) is 30.3 Å². The van der Waals surface area contributed by atoms with Crippen molar-refractivity contribution in [3.05, 3.63) is 69.8 Å². The minimum atomic E-state index is -0.140. The first-order chi connectivity index (χ1) is 13.5. The van der Waals surface area contributed by atoms with Crippen LogP contribution in [0.2, 0.25) is 10.0 Å². The van der Waals surface area contributed by atoms with Gasteiger partial charge in [0.05, 0.1) is 10.6 Å². The molecule has 0 saturated carbocycles. The molecule has 0 atom stereocenters. The van der Waals surface area contributed by atoms with E-state index in [0.717, 1.165) is 10.9 Å². The summed E-state index contributed by atoms with van der Waals surface area (Å²) in [4.78, 5) is 29.3. The van der Waals surface area contributed by atoms with E-state index in [0.29, 0.717) is 47.5 Å². The number of fused-ring (bicyclic) bond motifs is 1. The molecule has 0 spiro atoms. The molecular formula is C21H19Cl2N3O2. The third-order valence-corrected chi connectivity index (χ3v) is 5.73. The number of benzene rings is 2. The Hall–Kier alpha value is -2.50. The van der Waals surface area contributed by atoms with Gasteiger partial charge in [-0.1, -0.05) is 41.4 Å². The number of hydrogen-bond acceptors (Lipinski definition) is 2. The molecule has 4 rings (SSSR count). The lowest BCUT2D eigenvalue weighted by atomic mass is 10.1. The third-order valence-electron chi connectivity index (χ3n) is 5.19. The van der Waals surface area contributed by atoms with E-state index in [1.165, 1.54) is 0 Å². The molecule has 5 nitrogen and oxygen atoms in total. The summed E-state index contributed by atoms with van der Waals surface area (Å²) < 4.78 is 1.92. The van der Waals surface area contributed by atoms with E-state index in [-0.39, 0.29) is 11.8 Å². The summed E-state index contributed by atoms with van der Waals surface area (Å²) in [5, 5.41) is 1.87. The maximum atomic E-state index is 13.0. The number of aromatic nitrogens is 1. The zero-order valence-electron chi connectivity index (χ0n) is 15.4. The van der Waals surface area contributed by atoms with Crippen LogP contribution in [-0.4, -0.2) is 52.4 Å². The molecule has 7 heteroatoms. The largest absolute Gasteiger partial charge is 0.340 e. The second-order valence-corrected chi connectivity index (χ2v) is 7.70. The molecule has 1 aliphatic rings. The number of nitrogens with zero attached hydrogens (tertiary/aromatic N) is 3. The van der Waals surface area contributed by atoms with Crippen LogP contribution in [0.15, 0.2) is 48.5 Å². The van der Waals surface area contributed by atoms with Crippen LogP contribution in [0.1, 0.15) is 20.8 Å². The summed E-state index contributed by atoms with van der Waals surface area (Å²) in [6.45, 7) is 1.90. The highest BCUT2D eigenvalue weighted by molar-refractivity contribution is 6.36. The second kappa shape index (κ2) is 7.49. The highest BCUT2D eigenvalue weighted by Gasteiger charge is 2.27. The number of para-hydroxylation sites is 1. The summed E-state index contributed by atoms with van der Waals surface area (Å²) in [6, 6.07) is 14.7. The molecule has 0 N–H and O–H groups in total. The molecule has 144 valence electrons. The smallest absolute Gasteiger partial charge is 0.270 e. The van der Waals surface area contributed by atoms with Gasteiger partial charge < -0.3 is 14.4 Å². The topological polar surface area (TPSA) is 45.6 Å². The van der Waals surface area contributed by atoms with Crippen LogP contribution < -0.4 is 0 Å². The predicted molar refractivity (Wildman–Crippen MR) is 111 cm³/mol. The minimum Gasteiger partial charge on any atom is -0.340 e. The molecule has 2 amide bonds. The monoisotopic (exact) mass is 415 g/mol. The molecule has 0 bridgehead atoms. The maximum Gasteiger partial charge on any atom is 0.270 e.